The van der Waals surface area contributed by atoms with Gasteiger partial charge in [0.1, 0.15) is 11.6 Å². The van der Waals surface area contributed by atoms with Crippen LogP contribution in [0, 0.1) is 11.6 Å². The predicted octanol–water partition coefficient (Wildman–Crippen LogP) is 3.89. The SMILES string of the molecule is CN(Cc1ccc(F)cc1F)C(=O)c1cc(-c2ccccc2)on1. The maximum atomic E-state index is 13.7. The Bertz CT molecular complexity index is 862. The quantitative estimate of drug-likeness (QED) is 0.730. The van der Waals surface area contributed by atoms with Crippen LogP contribution in [0.3, 0.4) is 0 Å². The zero-order valence-electron chi connectivity index (χ0n) is 12.9. The third-order valence-corrected chi connectivity index (χ3v) is 3.56. The average molecular weight is 328 g/mol. The second-order valence-corrected chi connectivity index (χ2v) is 5.34. The van der Waals surface area contributed by atoms with Crippen LogP contribution < -0.4 is 0 Å². The lowest BCUT2D eigenvalue weighted by Crippen LogP contribution is -2.26. The van der Waals surface area contributed by atoms with Gasteiger partial charge in [0.2, 0.25) is 0 Å². The van der Waals surface area contributed by atoms with Crippen molar-refractivity contribution in [3.8, 4) is 11.3 Å². The number of carbonyl (C=O) groups is 1. The largest absolute Gasteiger partial charge is 0.355 e. The van der Waals surface area contributed by atoms with Crippen molar-refractivity contribution < 1.29 is 18.1 Å². The number of benzene rings is 2. The molecule has 0 saturated heterocycles. The molecule has 0 aliphatic carbocycles. The van der Waals surface area contributed by atoms with Gasteiger partial charge in [0.25, 0.3) is 5.91 Å². The molecule has 0 aliphatic heterocycles. The number of aromatic nitrogens is 1. The topological polar surface area (TPSA) is 46.3 Å². The van der Waals surface area contributed by atoms with Crippen LogP contribution in [0.25, 0.3) is 11.3 Å². The molecular weight excluding hydrogens is 314 g/mol. The first kappa shape index (κ1) is 15.9. The van der Waals surface area contributed by atoms with E-state index in [9.17, 15) is 13.6 Å². The molecule has 1 heterocycles. The van der Waals surface area contributed by atoms with E-state index in [4.69, 9.17) is 4.52 Å². The number of nitrogens with zero attached hydrogens (tertiary/aromatic N) is 2. The van der Waals surface area contributed by atoms with Gasteiger partial charge in [0.15, 0.2) is 11.5 Å². The van der Waals surface area contributed by atoms with Crippen molar-refractivity contribution in [2.75, 3.05) is 7.05 Å². The summed E-state index contributed by atoms with van der Waals surface area (Å²) in [6.45, 7) is -0.00151. The van der Waals surface area contributed by atoms with E-state index in [-0.39, 0.29) is 17.8 Å². The van der Waals surface area contributed by atoms with E-state index >= 15 is 0 Å². The maximum Gasteiger partial charge on any atom is 0.276 e. The van der Waals surface area contributed by atoms with Gasteiger partial charge in [0.05, 0.1) is 0 Å². The monoisotopic (exact) mass is 328 g/mol. The van der Waals surface area contributed by atoms with E-state index in [1.807, 2.05) is 30.3 Å². The van der Waals surface area contributed by atoms with Crippen LogP contribution in [0.5, 0.6) is 0 Å². The molecule has 0 N–H and O–H groups in total. The summed E-state index contributed by atoms with van der Waals surface area (Å²) in [5.74, 6) is -1.29. The molecule has 6 heteroatoms. The first-order valence-electron chi connectivity index (χ1n) is 7.26. The summed E-state index contributed by atoms with van der Waals surface area (Å²) >= 11 is 0. The lowest BCUT2D eigenvalue weighted by atomic mass is 10.1. The highest BCUT2D eigenvalue weighted by atomic mass is 19.1. The van der Waals surface area contributed by atoms with Crippen molar-refractivity contribution >= 4 is 5.91 Å². The molecular formula is C18H14F2N2O2. The highest BCUT2D eigenvalue weighted by molar-refractivity contribution is 5.92. The fourth-order valence-corrected chi connectivity index (χ4v) is 2.29. The first-order valence-corrected chi connectivity index (χ1v) is 7.26. The molecule has 0 unspecified atom stereocenters. The summed E-state index contributed by atoms with van der Waals surface area (Å²) in [6.07, 6.45) is 0. The van der Waals surface area contributed by atoms with Crippen LogP contribution in [0.1, 0.15) is 16.1 Å². The molecule has 0 radical (unpaired) electrons. The van der Waals surface area contributed by atoms with Gasteiger partial charge in [-0.2, -0.15) is 0 Å². The molecule has 0 atom stereocenters. The van der Waals surface area contributed by atoms with E-state index in [0.29, 0.717) is 5.76 Å². The Hall–Kier alpha value is -3.02. The molecule has 122 valence electrons. The normalized spacial score (nSPS) is 10.6. The Morgan fingerprint density at radius 1 is 1.12 bits per heavy atom. The van der Waals surface area contributed by atoms with Crippen molar-refractivity contribution in [1.82, 2.24) is 10.1 Å². The molecule has 3 aromatic rings. The third kappa shape index (κ3) is 3.32. The number of carbonyl (C=O) groups excluding carboxylic acids is 1. The fourth-order valence-electron chi connectivity index (χ4n) is 2.29. The van der Waals surface area contributed by atoms with Gasteiger partial charge < -0.3 is 9.42 Å². The first-order chi connectivity index (χ1) is 11.5. The molecule has 0 bridgehead atoms. The lowest BCUT2D eigenvalue weighted by molar-refractivity contribution is 0.0773. The minimum absolute atomic E-state index is 0.00151. The van der Waals surface area contributed by atoms with Gasteiger partial charge in [0, 0.05) is 36.9 Å². The van der Waals surface area contributed by atoms with Crippen LogP contribution in [-0.4, -0.2) is 23.0 Å². The van der Waals surface area contributed by atoms with E-state index in [1.165, 1.54) is 24.1 Å². The predicted molar refractivity (Wildman–Crippen MR) is 84.1 cm³/mol. The highest BCUT2D eigenvalue weighted by Gasteiger charge is 2.19. The second kappa shape index (κ2) is 6.62. The summed E-state index contributed by atoms with van der Waals surface area (Å²) in [6, 6.07) is 14.0. The molecule has 3 rings (SSSR count). The van der Waals surface area contributed by atoms with Gasteiger partial charge >= 0.3 is 0 Å². The summed E-state index contributed by atoms with van der Waals surface area (Å²) in [5, 5.41) is 3.77. The molecule has 1 amide bonds. The smallest absolute Gasteiger partial charge is 0.276 e. The Labute approximate surface area is 137 Å². The standard InChI is InChI=1S/C18H14F2N2O2/c1-22(11-13-7-8-14(19)9-15(13)20)18(23)16-10-17(24-21-16)12-5-3-2-4-6-12/h2-10H,11H2,1H3. The van der Waals surface area contributed by atoms with E-state index in [2.05, 4.69) is 5.16 Å². The molecule has 0 aliphatic rings. The number of halogens is 2. The molecule has 4 nitrogen and oxygen atoms in total. The lowest BCUT2D eigenvalue weighted by Gasteiger charge is -2.16. The van der Waals surface area contributed by atoms with Gasteiger partial charge in [-0.05, 0) is 6.07 Å². The second-order valence-electron chi connectivity index (χ2n) is 5.34. The van der Waals surface area contributed by atoms with Gasteiger partial charge in [-0.3, -0.25) is 4.79 Å². The molecule has 0 saturated carbocycles. The van der Waals surface area contributed by atoms with Crippen LogP contribution in [0.2, 0.25) is 0 Å². The summed E-state index contributed by atoms with van der Waals surface area (Å²) < 4.78 is 31.8. The zero-order valence-corrected chi connectivity index (χ0v) is 12.9. The van der Waals surface area contributed by atoms with E-state index in [1.54, 1.807) is 0 Å². The van der Waals surface area contributed by atoms with Crippen LogP contribution in [0.4, 0.5) is 8.78 Å². The number of hydrogen-bond donors (Lipinski definition) is 0. The molecule has 1 aromatic heterocycles. The van der Waals surface area contributed by atoms with Crippen molar-refractivity contribution in [2.24, 2.45) is 0 Å². The number of hydrogen-bond acceptors (Lipinski definition) is 3. The van der Waals surface area contributed by atoms with Crippen molar-refractivity contribution in [2.45, 2.75) is 6.54 Å². The molecule has 0 fully saturated rings. The zero-order chi connectivity index (χ0) is 17.1. The third-order valence-electron chi connectivity index (χ3n) is 3.56. The minimum atomic E-state index is -0.695. The Morgan fingerprint density at radius 3 is 2.58 bits per heavy atom. The summed E-state index contributed by atoms with van der Waals surface area (Å²) in [5.41, 5.74) is 1.15. The Kier molecular flexibility index (Phi) is 4.37. The van der Waals surface area contributed by atoms with Crippen molar-refractivity contribution in [3.63, 3.8) is 0 Å². The summed E-state index contributed by atoms with van der Waals surface area (Å²) in [7, 11) is 1.52. The molecule has 2 aromatic carbocycles. The van der Waals surface area contributed by atoms with Gasteiger partial charge in [-0.25, -0.2) is 8.78 Å². The van der Waals surface area contributed by atoms with Crippen molar-refractivity contribution in [3.05, 3.63) is 77.5 Å². The Morgan fingerprint density at radius 2 is 1.88 bits per heavy atom. The number of rotatable bonds is 4. The maximum absolute atomic E-state index is 13.7. The van der Waals surface area contributed by atoms with Crippen LogP contribution in [0.15, 0.2) is 59.1 Å². The van der Waals surface area contributed by atoms with Crippen molar-refractivity contribution in [1.29, 1.82) is 0 Å². The fraction of sp³-hybridized carbons (Fsp3) is 0.111. The Balaban J connectivity index is 1.75. The average Bonchev–Trinajstić information content (AvgIpc) is 3.07. The van der Waals surface area contributed by atoms with E-state index in [0.717, 1.165) is 17.7 Å². The summed E-state index contributed by atoms with van der Waals surface area (Å²) in [4.78, 5) is 13.7. The molecule has 0 spiro atoms. The van der Waals surface area contributed by atoms with Crippen LogP contribution in [-0.2, 0) is 6.54 Å². The van der Waals surface area contributed by atoms with Gasteiger partial charge in [-0.1, -0.05) is 41.6 Å². The minimum Gasteiger partial charge on any atom is -0.355 e. The molecule has 24 heavy (non-hydrogen) atoms. The van der Waals surface area contributed by atoms with E-state index < -0.39 is 17.5 Å². The van der Waals surface area contributed by atoms with Gasteiger partial charge in [-0.15, -0.1) is 0 Å². The van der Waals surface area contributed by atoms with Crippen LogP contribution >= 0.6 is 0 Å². The number of amides is 1. The highest BCUT2D eigenvalue weighted by Crippen LogP contribution is 2.21.